The van der Waals surface area contributed by atoms with Crippen LogP contribution in [0.4, 0.5) is 4.79 Å². The van der Waals surface area contributed by atoms with Crippen LogP contribution in [-0.2, 0) is 4.74 Å². The molecule has 4 aliphatic rings. The van der Waals surface area contributed by atoms with E-state index in [0.29, 0.717) is 11.8 Å². The van der Waals surface area contributed by atoms with Crippen LogP contribution in [-0.4, -0.2) is 11.7 Å². The Morgan fingerprint density at radius 3 is 2.00 bits per heavy atom. The minimum atomic E-state index is -0.593. The Hall–Kier alpha value is -0.730. The number of hydrogen-bond donors (Lipinski definition) is 1. The van der Waals surface area contributed by atoms with E-state index >= 15 is 0 Å². The van der Waals surface area contributed by atoms with Crippen LogP contribution in [0.2, 0.25) is 0 Å². The number of rotatable bonds is 1. The van der Waals surface area contributed by atoms with Crippen molar-refractivity contribution in [3.63, 3.8) is 0 Å². The molecule has 0 radical (unpaired) electrons. The van der Waals surface area contributed by atoms with E-state index < -0.39 is 6.09 Å². The van der Waals surface area contributed by atoms with Gasteiger partial charge in [-0.05, 0) is 62.7 Å². The lowest BCUT2D eigenvalue weighted by molar-refractivity contribution is -0.160. The van der Waals surface area contributed by atoms with E-state index in [1.165, 1.54) is 32.1 Å². The van der Waals surface area contributed by atoms with E-state index in [1.807, 2.05) is 0 Å². The van der Waals surface area contributed by atoms with Gasteiger partial charge in [-0.15, -0.1) is 0 Å². The molecule has 3 nitrogen and oxygen atoms in total. The molecule has 0 aromatic rings. The molecule has 1 amide bonds. The number of carbonyl (C=O) groups excluding carboxylic acids is 1. The highest BCUT2D eigenvalue weighted by molar-refractivity contribution is 5.65. The first-order valence-corrected chi connectivity index (χ1v) is 6.06. The van der Waals surface area contributed by atoms with Crippen molar-refractivity contribution in [2.24, 2.45) is 29.4 Å². The number of ether oxygens (including phenoxy) is 1. The molecule has 0 heterocycles. The van der Waals surface area contributed by atoms with Gasteiger partial charge < -0.3 is 10.5 Å². The molecule has 3 heteroatoms. The van der Waals surface area contributed by atoms with E-state index in [2.05, 4.69) is 6.92 Å². The Bertz CT molecular complexity index is 272. The zero-order valence-electron chi connectivity index (χ0n) is 9.24. The average Bonchev–Trinajstić information content (AvgIpc) is 2.12. The summed E-state index contributed by atoms with van der Waals surface area (Å²) < 4.78 is 5.45. The fraction of sp³-hybridized carbons (Fsp3) is 0.917. The first-order valence-electron chi connectivity index (χ1n) is 6.06. The van der Waals surface area contributed by atoms with Crippen molar-refractivity contribution in [3.8, 4) is 0 Å². The van der Waals surface area contributed by atoms with Crippen LogP contribution in [0, 0.1) is 23.7 Å². The smallest absolute Gasteiger partial charge is 0.405 e. The minimum Gasteiger partial charge on any atom is -0.443 e. The summed E-state index contributed by atoms with van der Waals surface area (Å²) in [4.78, 5) is 11.0. The van der Waals surface area contributed by atoms with E-state index in [0.717, 1.165) is 11.8 Å². The molecule has 15 heavy (non-hydrogen) atoms. The van der Waals surface area contributed by atoms with Crippen LogP contribution >= 0.6 is 0 Å². The lowest BCUT2D eigenvalue weighted by atomic mass is 9.50. The molecule has 0 aromatic carbocycles. The second kappa shape index (κ2) is 2.89. The van der Waals surface area contributed by atoms with Gasteiger partial charge >= 0.3 is 6.09 Å². The molecule has 0 atom stereocenters. The molecule has 4 saturated carbocycles. The maximum absolute atomic E-state index is 11.0. The molecule has 4 aliphatic carbocycles. The molecular weight excluding hydrogens is 190 g/mol. The number of nitrogens with two attached hydrogens (primary N) is 1. The second-order valence-corrected chi connectivity index (χ2v) is 5.91. The molecule has 0 saturated heterocycles. The van der Waals surface area contributed by atoms with Crippen LogP contribution in [0.1, 0.15) is 39.0 Å². The van der Waals surface area contributed by atoms with Crippen molar-refractivity contribution in [2.75, 3.05) is 0 Å². The third-order valence-corrected chi connectivity index (χ3v) is 5.08. The zero-order chi connectivity index (χ0) is 10.6. The van der Waals surface area contributed by atoms with Gasteiger partial charge in [-0.1, -0.05) is 0 Å². The summed E-state index contributed by atoms with van der Waals surface area (Å²) in [5.41, 5.74) is 4.95. The van der Waals surface area contributed by atoms with E-state index in [4.69, 9.17) is 10.5 Å². The highest BCUT2D eigenvalue weighted by Crippen LogP contribution is 2.59. The maximum atomic E-state index is 11.0. The lowest BCUT2D eigenvalue weighted by Gasteiger charge is -2.58. The topological polar surface area (TPSA) is 52.3 Å². The Balaban J connectivity index is 1.87. The van der Waals surface area contributed by atoms with Gasteiger partial charge in [-0.3, -0.25) is 0 Å². The Kier molecular flexibility index (Phi) is 1.83. The van der Waals surface area contributed by atoms with Crippen molar-refractivity contribution in [1.29, 1.82) is 0 Å². The quantitative estimate of drug-likeness (QED) is 0.720. The van der Waals surface area contributed by atoms with Gasteiger partial charge in [-0.2, -0.15) is 0 Å². The Morgan fingerprint density at radius 2 is 1.60 bits per heavy atom. The standard InChI is InChI=1S/C12H19NO2/c1-12(15-11(13)14)9-3-7-2-8(5-9)6-10(12)4-7/h7-10H,2-6H2,1H3,(H2,13,14). The summed E-state index contributed by atoms with van der Waals surface area (Å²) in [6.07, 6.45) is 5.81. The van der Waals surface area contributed by atoms with Gasteiger partial charge in [0.25, 0.3) is 0 Å². The van der Waals surface area contributed by atoms with Gasteiger partial charge in [0.1, 0.15) is 5.60 Å². The van der Waals surface area contributed by atoms with Gasteiger partial charge in [0.05, 0.1) is 0 Å². The number of hydrogen-bond acceptors (Lipinski definition) is 2. The average molecular weight is 209 g/mol. The maximum Gasteiger partial charge on any atom is 0.405 e. The first-order chi connectivity index (χ1) is 7.08. The third-order valence-electron chi connectivity index (χ3n) is 5.08. The normalized spacial score (nSPS) is 51.8. The van der Waals surface area contributed by atoms with E-state index in [9.17, 15) is 4.79 Å². The van der Waals surface area contributed by atoms with Crippen molar-refractivity contribution in [3.05, 3.63) is 0 Å². The number of amides is 1. The van der Waals surface area contributed by atoms with Crippen molar-refractivity contribution >= 4 is 6.09 Å². The largest absolute Gasteiger partial charge is 0.443 e. The highest BCUT2D eigenvalue weighted by Gasteiger charge is 2.56. The summed E-state index contributed by atoms with van der Waals surface area (Å²) in [5, 5.41) is 0. The summed E-state index contributed by atoms with van der Waals surface area (Å²) in [5.74, 6) is 2.94. The summed E-state index contributed by atoms with van der Waals surface area (Å²) in [6, 6.07) is 0. The van der Waals surface area contributed by atoms with Crippen LogP contribution in [0.15, 0.2) is 0 Å². The third kappa shape index (κ3) is 1.28. The highest BCUT2D eigenvalue weighted by atomic mass is 16.6. The molecule has 0 aromatic heterocycles. The predicted molar refractivity (Wildman–Crippen MR) is 56.1 cm³/mol. The van der Waals surface area contributed by atoms with Crippen LogP contribution < -0.4 is 5.73 Å². The second-order valence-electron chi connectivity index (χ2n) is 5.91. The SMILES string of the molecule is CC1(OC(N)=O)C2CC3CC(C2)CC1C3. The van der Waals surface area contributed by atoms with Gasteiger partial charge in [0, 0.05) is 0 Å². The Labute approximate surface area is 90.4 Å². The summed E-state index contributed by atoms with van der Waals surface area (Å²) in [6.45, 7) is 2.10. The predicted octanol–water partition coefficient (Wildman–Crippen LogP) is 2.30. The summed E-state index contributed by atoms with van der Waals surface area (Å²) in [7, 11) is 0. The Morgan fingerprint density at radius 1 is 1.13 bits per heavy atom. The lowest BCUT2D eigenvalue weighted by Crippen LogP contribution is -2.58. The minimum absolute atomic E-state index is 0.251. The molecule has 84 valence electrons. The fourth-order valence-electron chi connectivity index (χ4n) is 4.50. The molecular formula is C12H19NO2. The monoisotopic (exact) mass is 209 g/mol. The fourth-order valence-corrected chi connectivity index (χ4v) is 4.50. The van der Waals surface area contributed by atoms with Crippen LogP contribution in [0.3, 0.4) is 0 Å². The molecule has 4 fully saturated rings. The van der Waals surface area contributed by atoms with Crippen LogP contribution in [0.25, 0.3) is 0 Å². The molecule has 4 rings (SSSR count). The number of carbonyl (C=O) groups is 1. The van der Waals surface area contributed by atoms with E-state index in [1.54, 1.807) is 0 Å². The van der Waals surface area contributed by atoms with E-state index in [-0.39, 0.29) is 5.60 Å². The molecule has 0 spiro atoms. The van der Waals surface area contributed by atoms with Crippen LogP contribution in [0.5, 0.6) is 0 Å². The van der Waals surface area contributed by atoms with Crippen molar-refractivity contribution in [1.82, 2.24) is 0 Å². The van der Waals surface area contributed by atoms with Crippen molar-refractivity contribution < 1.29 is 9.53 Å². The van der Waals surface area contributed by atoms with Gasteiger partial charge in [-0.25, -0.2) is 4.79 Å². The molecule has 2 N–H and O–H groups in total. The molecule has 0 unspecified atom stereocenters. The number of primary amides is 1. The molecule has 4 bridgehead atoms. The zero-order valence-corrected chi connectivity index (χ0v) is 9.24. The first kappa shape index (κ1) is 9.49. The van der Waals surface area contributed by atoms with Crippen molar-refractivity contribution in [2.45, 2.75) is 44.6 Å². The van der Waals surface area contributed by atoms with Gasteiger partial charge in [0.2, 0.25) is 0 Å². The summed E-state index contributed by atoms with van der Waals surface area (Å²) >= 11 is 0. The van der Waals surface area contributed by atoms with Gasteiger partial charge in [0.15, 0.2) is 0 Å². The molecule has 0 aliphatic heterocycles.